The molecule has 0 saturated heterocycles. The summed E-state index contributed by atoms with van der Waals surface area (Å²) in [6.45, 7) is 0. The number of nitrogens with one attached hydrogen (secondary N) is 1. The summed E-state index contributed by atoms with van der Waals surface area (Å²) in [6.07, 6.45) is -2.74. The van der Waals surface area contributed by atoms with Gasteiger partial charge in [-0.3, -0.25) is 4.79 Å². The first kappa shape index (κ1) is 10.2. The van der Waals surface area contributed by atoms with Gasteiger partial charge < -0.3 is 9.72 Å². The van der Waals surface area contributed by atoms with Gasteiger partial charge in [-0.1, -0.05) is 0 Å². The van der Waals surface area contributed by atoms with Crippen molar-refractivity contribution in [3.8, 4) is 5.75 Å². The number of hydrogen-bond donors (Lipinski definition) is 1. The van der Waals surface area contributed by atoms with Crippen LogP contribution in [0.1, 0.15) is 12.1 Å². The van der Waals surface area contributed by atoms with E-state index in [1.54, 1.807) is 0 Å². The number of H-pyrrole nitrogens is 1. The summed E-state index contributed by atoms with van der Waals surface area (Å²) >= 11 is 2.90. The molecule has 0 atom stereocenters. The molecule has 1 aromatic heterocycles. The molecule has 0 bridgehead atoms. The highest BCUT2D eigenvalue weighted by atomic mass is 79.9. The molecule has 1 N–H and O–H groups in total. The summed E-state index contributed by atoms with van der Waals surface area (Å²) in [5, 5.41) is 0. The van der Waals surface area contributed by atoms with Crippen LogP contribution < -0.4 is 10.3 Å². The van der Waals surface area contributed by atoms with E-state index in [9.17, 15) is 13.6 Å². The highest BCUT2D eigenvalue weighted by Gasteiger charge is 2.16. The molecule has 0 saturated carbocycles. The first-order valence-electron chi connectivity index (χ1n) is 3.31. The minimum absolute atomic E-state index is 0.0737. The zero-order valence-corrected chi connectivity index (χ0v) is 8.19. The van der Waals surface area contributed by atoms with Gasteiger partial charge in [0.2, 0.25) is 0 Å². The molecule has 72 valence electrons. The zero-order valence-electron chi connectivity index (χ0n) is 6.61. The average Bonchev–Trinajstić information content (AvgIpc) is 2.08. The Balaban J connectivity index is 3.36. The normalized spacial score (nSPS) is 10.5. The predicted molar refractivity (Wildman–Crippen MR) is 46.3 cm³/mol. The van der Waals surface area contributed by atoms with Gasteiger partial charge in [0.25, 0.3) is 12.0 Å². The van der Waals surface area contributed by atoms with E-state index in [-0.39, 0.29) is 10.2 Å². The van der Waals surface area contributed by atoms with Crippen LogP contribution in [0.4, 0.5) is 8.78 Å². The lowest BCUT2D eigenvalue weighted by Crippen LogP contribution is -2.09. The smallest absolute Gasteiger partial charge is 0.279 e. The number of hydrogen-bond acceptors (Lipinski definition) is 2. The highest BCUT2D eigenvalue weighted by molar-refractivity contribution is 9.10. The summed E-state index contributed by atoms with van der Waals surface area (Å²) in [6, 6.07) is 1.09. The lowest BCUT2D eigenvalue weighted by molar-refractivity contribution is 0.144. The van der Waals surface area contributed by atoms with Crippen LogP contribution in [0.25, 0.3) is 0 Å². The van der Waals surface area contributed by atoms with E-state index in [0.717, 1.165) is 6.07 Å². The molecule has 0 aliphatic heterocycles. The minimum Gasteiger partial charge on any atom is -0.495 e. The number of methoxy groups -OCH3 is 1. The van der Waals surface area contributed by atoms with Crippen molar-refractivity contribution in [3.05, 3.63) is 26.6 Å². The second kappa shape index (κ2) is 3.87. The third-order valence-electron chi connectivity index (χ3n) is 1.41. The minimum atomic E-state index is -2.74. The SMILES string of the molecule is COc1cc(=O)[nH]c(C(F)F)c1Br. The molecular formula is C7H6BrF2NO2. The van der Waals surface area contributed by atoms with E-state index in [1.807, 2.05) is 4.98 Å². The van der Waals surface area contributed by atoms with Crippen LogP contribution in [0.15, 0.2) is 15.3 Å². The second-order valence-corrected chi connectivity index (χ2v) is 3.02. The zero-order chi connectivity index (χ0) is 10.0. The van der Waals surface area contributed by atoms with Crippen molar-refractivity contribution in [2.24, 2.45) is 0 Å². The van der Waals surface area contributed by atoms with Crippen LogP contribution >= 0.6 is 15.9 Å². The largest absolute Gasteiger partial charge is 0.495 e. The van der Waals surface area contributed by atoms with Gasteiger partial charge in [-0.05, 0) is 15.9 Å². The Morgan fingerprint density at radius 1 is 1.62 bits per heavy atom. The molecule has 0 unspecified atom stereocenters. The van der Waals surface area contributed by atoms with Crippen LogP contribution in [0.5, 0.6) is 5.75 Å². The Hall–Kier alpha value is -0.910. The van der Waals surface area contributed by atoms with Crippen molar-refractivity contribution < 1.29 is 13.5 Å². The third kappa shape index (κ3) is 2.06. The molecule has 6 heteroatoms. The first-order valence-corrected chi connectivity index (χ1v) is 4.10. The third-order valence-corrected chi connectivity index (χ3v) is 2.23. The van der Waals surface area contributed by atoms with E-state index in [2.05, 4.69) is 15.9 Å². The molecule has 1 aromatic rings. The summed E-state index contributed by atoms with van der Waals surface area (Å²) in [5.41, 5.74) is -1.08. The number of ether oxygens (including phenoxy) is 1. The van der Waals surface area contributed by atoms with E-state index in [0.29, 0.717) is 0 Å². The number of halogens is 3. The summed E-state index contributed by atoms with van der Waals surface area (Å²) in [4.78, 5) is 12.9. The van der Waals surface area contributed by atoms with E-state index in [4.69, 9.17) is 4.74 Å². The van der Waals surface area contributed by atoms with E-state index < -0.39 is 17.7 Å². The number of aromatic nitrogens is 1. The van der Waals surface area contributed by atoms with Gasteiger partial charge in [-0.25, -0.2) is 8.78 Å². The van der Waals surface area contributed by atoms with Gasteiger partial charge in [0.05, 0.1) is 11.6 Å². The maximum absolute atomic E-state index is 12.3. The Kier molecular flexibility index (Phi) is 3.02. The fraction of sp³-hybridized carbons (Fsp3) is 0.286. The van der Waals surface area contributed by atoms with Crippen molar-refractivity contribution in [1.82, 2.24) is 4.98 Å². The Labute approximate surface area is 80.9 Å². The Bertz CT molecular complexity index is 364. The molecule has 3 nitrogen and oxygen atoms in total. The van der Waals surface area contributed by atoms with Crippen LogP contribution in [0.2, 0.25) is 0 Å². The van der Waals surface area contributed by atoms with E-state index >= 15 is 0 Å². The molecule has 0 aromatic carbocycles. The van der Waals surface area contributed by atoms with Crippen molar-refractivity contribution >= 4 is 15.9 Å². The van der Waals surface area contributed by atoms with Crippen LogP contribution in [0, 0.1) is 0 Å². The highest BCUT2D eigenvalue weighted by Crippen LogP contribution is 2.31. The fourth-order valence-corrected chi connectivity index (χ4v) is 1.39. The maximum Gasteiger partial charge on any atom is 0.279 e. The van der Waals surface area contributed by atoms with Gasteiger partial charge in [0, 0.05) is 6.07 Å². The number of alkyl halides is 2. The van der Waals surface area contributed by atoms with Crippen molar-refractivity contribution in [1.29, 1.82) is 0 Å². The van der Waals surface area contributed by atoms with Crippen molar-refractivity contribution in [3.63, 3.8) is 0 Å². The van der Waals surface area contributed by atoms with Crippen LogP contribution in [0.3, 0.4) is 0 Å². The van der Waals surface area contributed by atoms with Crippen molar-refractivity contribution in [2.45, 2.75) is 6.43 Å². The summed E-state index contributed by atoms with van der Waals surface area (Å²) < 4.78 is 29.3. The summed E-state index contributed by atoms with van der Waals surface area (Å²) in [5.74, 6) is 0.0963. The molecule has 13 heavy (non-hydrogen) atoms. The predicted octanol–water partition coefficient (Wildman–Crippen LogP) is 2.08. The molecule has 0 fully saturated rings. The van der Waals surface area contributed by atoms with Crippen LogP contribution in [-0.4, -0.2) is 12.1 Å². The maximum atomic E-state index is 12.3. The van der Waals surface area contributed by atoms with Gasteiger partial charge >= 0.3 is 0 Å². The fourth-order valence-electron chi connectivity index (χ4n) is 0.838. The molecule has 0 aliphatic rings. The molecular weight excluding hydrogens is 248 g/mol. The molecule has 1 rings (SSSR count). The quantitative estimate of drug-likeness (QED) is 0.877. The topological polar surface area (TPSA) is 42.1 Å². The Morgan fingerprint density at radius 2 is 2.23 bits per heavy atom. The number of rotatable bonds is 2. The van der Waals surface area contributed by atoms with Crippen molar-refractivity contribution in [2.75, 3.05) is 7.11 Å². The Morgan fingerprint density at radius 3 is 2.69 bits per heavy atom. The average molecular weight is 254 g/mol. The van der Waals surface area contributed by atoms with Gasteiger partial charge in [0.1, 0.15) is 11.4 Å². The first-order chi connectivity index (χ1) is 6.06. The molecule has 0 amide bonds. The molecule has 0 aliphatic carbocycles. The second-order valence-electron chi connectivity index (χ2n) is 2.23. The lowest BCUT2D eigenvalue weighted by Gasteiger charge is -2.06. The van der Waals surface area contributed by atoms with Gasteiger partial charge in [-0.2, -0.15) is 0 Å². The lowest BCUT2D eigenvalue weighted by atomic mass is 10.3. The van der Waals surface area contributed by atoms with Gasteiger partial charge in [-0.15, -0.1) is 0 Å². The molecule has 1 heterocycles. The van der Waals surface area contributed by atoms with Crippen LogP contribution in [-0.2, 0) is 0 Å². The monoisotopic (exact) mass is 253 g/mol. The summed E-state index contributed by atoms with van der Waals surface area (Å²) in [7, 11) is 1.30. The number of aromatic amines is 1. The van der Waals surface area contributed by atoms with E-state index in [1.165, 1.54) is 7.11 Å². The number of pyridine rings is 1. The standard InChI is InChI=1S/C7H6BrF2NO2/c1-13-3-2-4(12)11-6(5(3)8)7(9)10/h2,7H,1H3,(H,11,12). The molecule has 0 radical (unpaired) electrons. The molecule has 0 spiro atoms. The van der Waals surface area contributed by atoms with Gasteiger partial charge in [0.15, 0.2) is 0 Å².